The molecule has 5 nitrogen and oxygen atoms in total. The topological polar surface area (TPSA) is 66.5 Å². The van der Waals surface area contributed by atoms with Crippen LogP contribution >= 0.6 is 11.8 Å². The second-order valence-electron chi connectivity index (χ2n) is 6.47. The van der Waals surface area contributed by atoms with Crippen LogP contribution in [0.25, 0.3) is 0 Å². The van der Waals surface area contributed by atoms with Crippen molar-refractivity contribution >= 4 is 33.4 Å². The summed E-state index contributed by atoms with van der Waals surface area (Å²) in [5.74, 6) is 0.748. The fourth-order valence-electron chi connectivity index (χ4n) is 2.73. The number of nitrogens with one attached hydrogen (secondary N) is 1. The maximum atomic E-state index is 12.1. The van der Waals surface area contributed by atoms with Crippen molar-refractivity contribution in [2.45, 2.75) is 31.1 Å². The van der Waals surface area contributed by atoms with E-state index in [0.717, 1.165) is 17.7 Å². The third-order valence-electron chi connectivity index (χ3n) is 4.23. The predicted molar refractivity (Wildman–Crippen MR) is 117 cm³/mol. The molecule has 7 heteroatoms. The molecular weight excluding hydrogens is 392 g/mol. The van der Waals surface area contributed by atoms with Crippen LogP contribution in [-0.4, -0.2) is 39.4 Å². The zero-order valence-corrected chi connectivity index (χ0v) is 18.1. The molecule has 0 spiro atoms. The summed E-state index contributed by atoms with van der Waals surface area (Å²) in [6, 6.07) is 17.5. The number of hydrogen-bond donors (Lipinski definition) is 1. The first-order valence-corrected chi connectivity index (χ1v) is 12.2. The zero-order chi connectivity index (χ0) is 20.4. The molecule has 0 bridgehead atoms. The summed E-state index contributed by atoms with van der Waals surface area (Å²) < 4.78 is 25.6. The van der Waals surface area contributed by atoms with Crippen molar-refractivity contribution in [1.29, 1.82) is 0 Å². The third kappa shape index (κ3) is 7.56. The maximum Gasteiger partial charge on any atom is 0.232 e. The van der Waals surface area contributed by atoms with E-state index in [1.54, 1.807) is 11.8 Å². The van der Waals surface area contributed by atoms with E-state index < -0.39 is 10.0 Å². The van der Waals surface area contributed by atoms with Crippen LogP contribution in [0.1, 0.15) is 25.3 Å². The SMILES string of the molecule is CCc1ccc(N(CCCC(=O)NCCSc2ccccc2)S(C)(=O)=O)cc1. The van der Waals surface area contributed by atoms with Crippen molar-refractivity contribution < 1.29 is 13.2 Å². The number of anilines is 1. The smallest absolute Gasteiger partial charge is 0.232 e. The minimum absolute atomic E-state index is 0.0524. The van der Waals surface area contributed by atoms with Crippen LogP contribution in [0.15, 0.2) is 59.5 Å². The molecule has 1 N–H and O–H groups in total. The Bertz CT molecular complexity index is 838. The molecule has 0 aliphatic carbocycles. The fraction of sp³-hybridized carbons (Fsp3) is 0.381. The first kappa shape index (κ1) is 22.3. The molecule has 0 radical (unpaired) electrons. The van der Waals surface area contributed by atoms with Gasteiger partial charge in [-0.05, 0) is 42.7 Å². The highest BCUT2D eigenvalue weighted by molar-refractivity contribution is 7.99. The summed E-state index contributed by atoms with van der Waals surface area (Å²) >= 11 is 1.69. The lowest BCUT2D eigenvalue weighted by atomic mass is 10.1. The van der Waals surface area contributed by atoms with Gasteiger partial charge in [-0.3, -0.25) is 9.10 Å². The highest BCUT2D eigenvalue weighted by atomic mass is 32.2. The number of aryl methyl sites for hydroxylation is 1. The first-order chi connectivity index (χ1) is 13.4. The molecule has 0 unspecified atom stereocenters. The van der Waals surface area contributed by atoms with E-state index in [4.69, 9.17) is 0 Å². The average molecular weight is 421 g/mol. The van der Waals surface area contributed by atoms with Gasteiger partial charge in [0, 0.05) is 30.2 Å². The minimum Gasteiger partial charge on any atom is -0.355 e. The Kier molecular flexibility index (Phi) is 8.86. The first-order valence-electron chi connectivity index (χ1n) is 9.41. The van der Waals surface area contributed by atoms with Crippen molar-refractivity contribution in [3.05, 3.63) is 60.2 Å². The Labute approximate surface area is 172 Å². The summed E-state index contributed by atoms with van der Waals surface area (Å²) in [7, 11) is -3.39. The van der Waals surface area contributed by atoms with E-state index >= 15 is 0 Å². The predicted octanol–water partition coefficient (Wildman–Crippen LogP) is 3.70. The standard InChI is InChI=1S/C21H28N2O3S2/c1-3-18-11-13-19(14-12-18)23(28(2,25)26)16-7-10-21(24)22-15-17-27-20-8-5-4-6-9-20/h4-6,8-9,11-14H,3,7,10,15-17H2,1-2H3,(H,22,24). The highest BCUT2D eigenvalue weighted by Crippen LogP contribution is 2.19. The molecule has 0 aliphatic rings. The van der Waals surface area contributed by atoms with Gasteiger partial charge in [-0.15, -0.1) is 11.8 Å². The lowest BCUT2D eigenvalue weighted by Crippen LogP contribution is -2.32. The second-order valence-corrected chi connectivity index (χ2v) is 9.55. The van der Waals surface area contributed by atoms with Crippen LogP contribution in [-0.2, 0) is 21.2 Å². The van der Waals surface area contributed by atoms with Crippen molar-refractivity contribution in [2.24, 2.45) is 0 Å². The Morgan fingerprint density at radius 3 is 2.36 bits per heavy atom. The molecule has 28 heavy (non-hydrogen) atoms. The number of carbonyl (C=O) groups is 1. The van der Waals surface area contributed by atoms with Gasteiger partial charge in [-0.2, -0.15) is 0 Å². The molecule has 0 fully saturated rings. The monoisotopic (exact) mass is 420 g/mol. The number of nitrogens with zero attached hydrogens (tertiary/aromatic N) is 1. The van der Waals surface area contributed by atoms with Gasteiger partial charge in [0.15, 0.2) is 0 Å². The lowest BCUT2D eigenvalue weighted by molar-refractivity contribution is -0.121. The van der Waals surface area contributed by atoms with Gasteiger partial charge < -0.3 is 5.32 Å². The normalized spacial score (nSPS) is 11.2. The number of amides is 1. The Balaban J connectivity index is 1.75. The van der Waals surface area contributed by atoms with Gasteiger partial charge in [0.1, 0.15) is 0 Å². The van der Waals surface area contributed by atoms with Crippen molar-refractivity contribution in [2.75, 3.05) is 29.4 Å². The van der Waals surface area contributed by atoms with Gasteiger partial charge in [0.25, 0.3) is 0 Å². The summed E-state index contributed by atoms with van der Waals surface area (Å²) in [6.45, 7) is 2.93. The van der Waals surface area contributed by atoms with Crippen molar-refractivity contribution in [3.8, 4) is 0 Å². The second kappa shape index (κ2) is 11.1. The molecule has 2 rings (SSSR count). The summed E-state index contributed by atoms with van der Waals surface area (Å²) in [6.07, 6.45) is 2.87. The molecule has 2 aromatic carbocycles. The number of thioether (sulfide) groups is 1. The number of hydrogen-bond acceptors (Lipinski definition) is 4. The minimum atomic E-state index is -3.39. The molecule has 0 saturated carbocycles. The van der Waals surface area contributed by atoms with Crippen LogP contribution in [0.2, 0.25) is 0 Å². The van der Waals surface area contributed by atoms with E-state index in [1.165, 1.54) is 15.5 Å². The Morgan fingerprint density at radius 1 is 1.07 bits per heavy atom. The number of sulfonamides is 1. The number of benzene rings is 2. The summed E-state index contributed by atoms with van der Waals surface area (Å²) in [5, 5.41) is 2.89. The zero-order valence-electron chi connectivity index (χ0n) is 16.4. The van der Waals surface area contributed by atoms with Gasteiger partial charge in [-0.1, -0.05) is 37.3 Å². The highest BCUT2D eigenvalue weighted by Gasteiger charge is 2.17. The quantitative estimate of drug-likeness (QED) is 0.445. The van der Waals surface area contributed by atoms with Crippen LogP contribution in [0, 0.1) is 0 Å². The third-order valence-corrected chi connectivity index (χ3v) is 6.44. The van der Waals surface area contributed by atoms with Crippen molar-refractivity contribution in [3.63, 3.8) is 0 Å². The maximum absolute atomic E-state index is 12.1. The molecule has 0 heterocycles. The molecule has 152 valence electrons. The average Bonchev–Trinajstić information content (AvgIpc) is 2.68. The van der Waals surface area contributed by atoms with Crippen LogP contribution in [0.5, 0.6) is 0 Å². The van der Waals surface area contributed by atoms with Crippen LogP contribution < -0.4 is 9.62 Å². The molecule has 2 aromatic rings. The van der Waals surface area contributed by atoms with Crippen molar-refractivity contribution in [1.82, 2.24) is 5.32 Å². The molecular formula is C21H28N2O3S2. The van der Waals surface area contributed by atoms with Gasteiger partial charge in [0.05, 0.1) is 11.9 Å². The van der Waals surface area contributed by atoms with E-state index in [1.807, 2.05) is 54.6 Å². The number of carbonyl (C=O) groups excluding carboxylic acids is 1. The molecule has 0 saturated heterocycles. The largest absolute Gasteiger partial charge is 0.355 e. The molecule has 0 aromatic heterocycles. The van der Waals surface area contributed by atoms with Crippen LogP contribution in [0.4, 0.5) is 5.69 Å². The Hall–Kier alpha value is -1.99. The number of rotatable bonds is 11. The van der Waals surface area contributed by atoms with Crippen LogP contribution in [0.3, 0.4) is 0 Å². The Morgan fingerprint density at radius 2 is 1.75 bits per heavy atom. The molecule has 0 aliphatic heterocycles. The van der Waals surface area contributed by atoms with E-state index in [0.29, 0.717) is 25.1 Å². The van der Waals surface area contributed by atoms with Gasteiger partial charge in [-0.25, -0.2) is 8.42 Å². The summed E-state index contributed by atoms with van der Waals surface area (Å²) in [5.41, 5.74) is 1.80. The summed E-state index contributed by atoms with van der Waals surface area (Å²) in [4.78, 5) is 13.2. The van der Waals surface area contributed by atoms with Gasteiger partial charge >= 0.3 is 0 Å². The van der Waals surface area contributed by atoms with E-state index in [9.17, 15) is 13.2 Å². The fourth-order valence-corrected chi connectivity index (χ4v) is 4.49. The molecule has 0 atom stereocenters. The van der Waals surface area contributed by atoms with E-state index in [-0.39, 0.29) is 12.5 Å². The molecule has 1 amide bonds. The van der Waals surface area contributed by atoms with E-state index in [2.05, 4.69) is 12.2 Å². The lowest BCUT2D eigenvalue weighted by Gasteiger charge is -2.22. The van der Waals surface area contributed by atoms with Gasteiger partial charge in [0.2, 0.25) is 15.9 Å².